The maximum absolute atomic E-state index is 12.0. The number of hydrogen-bond acceptors (Lipinski definition) is 5. The van der Waals surface area contributed by atoms with Crippen LogP contribution in [-0.2, 0) is 25.5 Å². The molecule has 7 heteroatoms. The summed E-state index contributed by atoms with van der Waals surface area (Å²) in [4.78, 5) is 23.9. The first-order valence-electron chi connectivity index (χ1n) is 7.92. The number of carbonyl (C=O) groups is 2. The molecular weight excluding hydrogens is 332 g/mol. The van der Waals surface area contributed by atoms with Crippen molar-refractivity contribution in [2.24, 2.45) is 0 Å². The van der Waals surface area contributed by atoms with Crippen molar-refractivity contribution in [3.8, 4) is 0 Å². The van der Waals surface area contributed by atoms with Crippen LogP contribution in [0.4, 0.5) is 0 Å². The van der Waals surface area contributed by atoms with Gasteiger partial charge in [0.2, 0.25) is 5.91 Å². The molecule has 134 valence electrons. The van der Waals surface area contributed by atoms with E-state index in [-0.39, 0.29) is 31.0 Å². The molecule has 1 aromatic rings. The molecule has 0 aliphatic carbocycles. The number of halogens is 1. The monoisotopic (exact) mass is 356 g/mol. The first-order chi connectivity index (χ1) is 11.2. The number of nitrogens with one attached hydrogen (secondary N) is 2. The topological polar surface area (TPSA) is 76.7 Å². The molecule has 0 bridgehead atoms. The molecule has 6 nitrogen and oxygen atoms in total. The van der Waals surface area contributed by atoms with Crippen LogP contribution in [-0.4, -0.2) is 50.8 Å². The Balaban J connectivity index is 0.00000288. The number of esters is 1. The summed E-state index contributed by atoms with van der Waals surface area (Å²) in [5.74, 6) is -0.671. The van der Waals surface area contributed by atoms with E-state index >= 15 is 0 Å². The van der Waals surface area contributed by atoms with Gasteiger partial charge in [-0.2, -0.15) is 0 Å². The van der Waals surface area contributed by atoms with Gasteiger partial charge in [0.25, 0.3) is 0 Å². The second-order valence-corrected chi connectivity index (χ2v) is 5.60. The lowest BCUT2D eigenvalue weighted by atomic mass is 10.1. The lowest BCUT2D eigenvalue weighted by Crippen LogP contribution is -2.47. The van der Waals surface area contributed by atoms with Crippen molar-refractivity contribution in [2.75, 3.05) is 26.8 Å². The zero-order chi connectivity index (χ0) is 16.5. The molecule has 0 radical (unpaired) electrons. The van der Waals surface area contributed by atoms with Crippen LogP contribution in [0.25, 0.3) is 0 Å². The van der Waals surface area contributed by atoms with Gasteiger partial charge in [-0.25, -0.2) is 4.79 Å². The molecule has 2 unspecified atom stereocenters. The summed E-state index contributed by atoms with van der Waals surface area (Å²) in [6, 6.07) is 8.85. The van der Waals surface area contributed by atoms with Crippen LogP contribution in [0.2, 0.25) is 0 Å². The van der Waals surface area contributed by atoms with Gasteiger partial charge in [-0.05, 0) is 18.4 Å². The third kappa shape index (κ3) is 6.86. The molecule has 1 fully saturated rings. The van der Waals surface area contributed by atoms with Gasteiger partial charge in [0.15, 0.2) is 0 Å². The zero-order valence-electron chi connectivity index (χ0n) is 13.8. The second-order valence-electron chi connectivity index (χ2n) is 5.60. The van der Waals surface area contributed by atoms with E-state index in [2.05, 4.69) is 10.6 Å². The van der Waals surface area contributed by atoms with Crippen molar-refractivity contribution in [3.63, 3.8) is 0 Å². The van der Waals surface area contributed by atoms with E-state index in [1.165, 1.54) is 7.11 Å². The molecule has 24 heavy (non-hydrogen) atoms. The first-order valence-corrected chi connectivity index (χ1v) is 7.92. The third-order valence-electron chi connectivity index (χ3n) is 3.79. The van der Waals surface area contributed by atoms with Gasteiger partial charge >= 0.3 is 5.97 Å². The van der Waals surface area contributed by atoms with Gasteiger partial charge in [0.05, 0.1) is 19.8 Å². The zero-order valence-corrected chi connectivity index (χ0v) is 14.6. The molecule has 1 aromatic carbocycles. The number of rotatable bonds is 8. The first kappa shape index (κ1) is 20.4. The number of ether oxygens (including phenoxy) is 2. The van der Waals surface area contributed by atoms with Crippen molar-refractivity contribution in [2.45, 2.75) is 31.4 Å². The van der Waals surface area contributed by atoms with Gasteiger partial charge < -0.3 is 20.1 Å². The second kappa shape index (κ2) is 11.0. The van der Waals surface area contributed by atoms with Crippen molar-refractivity contribution in [1.29, 1.82) is 0 Å². The standard InChI is InChI=1S/C17H24N2O4.ClH/c1-22-17(21)15(10-13-6-3-2-4-7-13)19-16(20)12-18-11-14-8-5-9-23-14;/h2-4,6-7,14-15,18H,5,8-12H2,1H3,(H,19,20);1H. The van der Waals surface area contributed by atoms with Gasteiger partial charge in [-0.3, -0.25) is 4.79 Å². The molecule has 2 rings (SSSR count). The van der Waals surface area contributed by atoms with Crippen LogP contribution in [0.3, 0.4) is 0 Å². The molecule has 1 heterocycles. The normalized spacial score (nSPS) is 17.6. The van der Waals surface area contributed by atoms with Crippen LogP contribution >= 0.6 is 12.4 Å². The van der Waals surface area contributed by atoms with Crippen LogP contribution in [0.1, 0.15) is 18.4 Å². The molecule has 1 aliphatic rings. The number of benzene rings is 1. The quantitative estimate of drug-likeness (QED) is 0.682. The molecule has 1 aliphatic heterocycles. The molecule has 1 saturated heterocycles. The molecule has 0 spiro atoms. The van der Waals surface area contributed by atoms with Gasteiger partial charge in [-0.1, -0.05) is 30.3 Å². The Morgan fingerprint density at radius 2 is 2.08 bits per heavy atom. The molecule has 1 amide bonds. The third-order valence-corrected chi connectivity index (χ3v) is 3.79. The Bertz CT molecular complexity index is 507. The Morgan fingerprint density at radius 3 is 2.71 bits per heavy atom. The van der Waals surface area contributed by atoms with E-state index in [0.717, 1.165) is 25.0 Å². The molecule has 0 aromatic heterocycles. The largest absolute Gasteiger partial charge is 0.467 e. The average Bonchev–Trinajstić information content (AvgIpc) is 3.08. The maximum Gasteiger partial charge on any atom is 0.328 e. The summed E-state index contributed by atoms with van der Waals surface area (Å²) in [6.45, 7) is 1.59. The van der Waals surface area contributed by atoms with Crippen molar-refractivity contribution < 1.29 is 19.1 Å². The minimum absolute atomic E-state index is 0. The minimum Gasteiger partial charge on any atom is -0.467 e. The van der Waals surface area contributed by atoms with E-state index in [0.29, 0.717) is 13.0 Å². The summed E-state index contributed by atoms with van der Waals surface area (Å²) < 4.78 is 10.3. The molecule has 0 saturated carbocycles. The predicted octanol–water partition coefficient (Wildman–Crippen LogP) is 1.08. The van der Waals surface area contributed by atoms with Crippen LogP contribution < -0.4 is 10.6 Å². The smallest absolute Gasteiger partial charge is 0.328 e. The van der Waals surface area contributed by atoms with Crippen molar-refractivity contribution in [1.82, 2.24) is 10.6 Å². The highest BCUT2D eigenvalue weighted by Crippen LogP contribution is 2.10. The highest BCUT2D eigenvalue weighted by atomic mass is 35.5. The predicted molar refractivity (Wildman–Crippen MR) is 93.2 cm³/mol. The SMILES string of the molecule is COC(=O)C(Cc1ccccc1)NC(=O)CNCC1CCCO1.Cl. The van der Waals surface area contributed by atoms with E-state index in [1.807, 2.05) is 30.3 Å². The highest BCUT2D eigenvalue weighted by Gasteiger charge is 2.22. The maximum atomic E-state index is 12.0. The number of methoxy groups -OCH3 is 1. The number of carbonyl (C=O) groups excluding carboxylic acids is 2. The Kier molecular flexibility index (Phi) is 9.37. The summed E-state index contributed by atoms with van der Waals surface area (Å²) in [6.07, 6.45) is 2.68. The lowest BCUT2D eigenvalue weighted by Gasteiger charge is -2.17. The van der Waals surface area contributed by atoms with Gasteiger partial charge in [0, 0.05) is 19.6 Å². The molecule has 2 atom stereocenters. The minimum atomic E-state index is -0.681. The Morgan fingerprint density at radius 1 is 1.33 bits per heavy atom. The van der Waals surface area contributed by atoms with E-state index < -0.39 is 12.0 Å². The highest BCUT2D eigenvalue weighted by molar-refractivity contribution is 5.86. The summed E-state index contributed by atoms with van der Waals surface area (Å²) in [5.41, 5.74) is 0.968. The summed E-state index contributed by atoms with van der Waals surface area (Å²) >= 11 is 0. The number of amides is 1. The molecule has 2 N–H and O–H groups in total. The summed E-state index contributed by atoms with van der Waals surface area (Å²) in [5, 5.41) is 5.79. The average molecular weight is 357 g/mol. The molecular formula is C17H25ClN2O4. The lowest BCUT2D eigenvalue weighted by molar-refractivity contribution is -0.144. The van der Waals surface area contributed by atoms with Gasteiger partial charge in [0.1, 0.15) is 6.04 Å². The number of hydrogen-bond donors (Lipinski definition) is 2. The van der Waals surface area contributed by atoms with Crippen molar-refractivity contribution in [3.05, 3.63) is 35.9 Å². The van der Waals surface area contributed by atoms with E-state index in [4.69, 9.17) is 9.47 Å². The van der Waals surface area contributed by atoms with Gasteiger partial charge in [-0.15, -0.1) is 12.4 Å². The Hall–Kier alpha value is -1.63. The fourth-order valence-corrected chi connectivity index (χ4v) is 2.58. The van der Waals surface area contributed by atoms with E-state index in [1.54, 1.807) is 0 Å². The van der Waals surface area contributed by atoms with Crippen molar-refractivity contribution >= 4 is 24.3 Å². The fourth-order valence-electron chi connectivity index (χ4n) is 2.58. The van der Waals surface area contributed by atoms with Crippen LogP contribution in [0.15, 0.2) is 30.3 Å². The van der Waals surface area contributed by atoms with E-state index in [9.17, 15) is 9.59 Å². The van der Waals surface area contributed by atoms with Crippen LogP contribution in [0.5, 0.6) is 0 Å². The van der Waals surface area contributed by atoms with Crippen LogP contribution in [0, 0.1) is 0 Å². The summed E-state index contributed by atoms with van der Waals surface area (Å²) in [7, 11) is 1.32. The fraction of sp³-hybridized carbons (Fsp3) is 0.529. The Labute approximate surface area is 148 Å².